The van der Waals surface area contributed by atoms with Crippen LogP contribution in [0.2, 0.25) is 0 Å². The van der Waals surface area contributed by atoms with Crippen LogP contribution < -0.4 is 5.73 Å². The zero-order valence-electron chi connectivity index (χ0n) is 14.9. The van der Waals surface area contributed by atoms with Gasteiger partial charge in [-0.05, 0) is 45.1 Å². The highest BCUT2D eigenvalue weighted by Gasteiger charge is 2.18. The van der Waals surface area contributed by atoms with E-state index >= 15 is 0 Å². The Bertz CT molecular complexity index is 1030. The van der Waals surface area contributed by atoms with E-state index in [9.17, 15) is 0 Å². The molecule has 0 radical (unpaired) electrons. The normalized spacial score (nSPS) is 14.4. The Kier molecular flexibility index (Phi) is 4.26. The van der Waals surface area contributed by atoms with E-state index in [0.29, 0.717) is 0 Å². The van der Waals surface area contributed by atoms with Crippen molar-refractivity contribution in [3.63, 3.8) is 0 Å². The molecule has 0 atom stereocenters. The van der Waals surface area contributed by atoms with Crippen LogP contribution in [0.15, 0.2) is 43.0 Å². The number of anilines is 1. The van der Waals surface area contributed by atoms with E-state index in [4.69, 9.17) is 5.73 Å². The first kappa shape index (κ1) is 16.5. The molecule has 4 aromatic rings. The number of hydrogen-bond donors (Lipinski definition) is 1. The van der Waals surface area contributed by atoms with E-state index in [1.54, 1.807) is 21.4 Å². The summed E-state index contributed by atoms with van der Waals surface area (Å²) in [5.41, 5.74) is 9.03. The van der Waals surface area contributed by atoms with Gasteiger partial charge in [0.2, 0.25) is 5.95 Å². The van der Waals surface area contributed by atoms with Crippen LogP contribution in [-0.2, 0) is 0 Å². The summed E-state index contributed by atoms with van der Waals surface area (Å²) in [7, 11) is 4.31. The monoisotopic (exact) mass is 350 g/mol. The standard InChI is InChI=1S/C12H9N7.C6H13N/c13-12-15-7-10-8(3-5-18(10)17-12)9-1-2-11-14-4-6-19(11)16-9;1-7(2)6-4-3-5-6/h1-7H,(H2,13,17);6H,3-5H2,1-2H3. The van der Waals surface area contributed by atoms with Gasteiger partial charge >= 0.3 is 0 Å². The van der Waals surface area contributed by atoms with Crippen LogP contribution in [0.5, 0.6) is 0 Å². The predicted molar refractivity (Wildman–Crippen MR) is 101 cm³/mol. The molecule has 0 amide bonds. The average Bonchev–Trinajstić information content (AvgIpc) is 3.18. The van der Waals surface area contributed by atoms with Gasteiger partial charge < -0.3 is 10.6 Å². The molecule has 1 aliphatic rings. The maximum atomic E-state index is 5.56. The number of hydrogen-bond acceptors (Lipinski definition) is 6. The van der Waals surface area contributed by atoms with Crippen LogP contribution in [0.1, 0.15) is 19.3 Å². The lowest BCUT2D eigenvalue weighted by atomic mass is 9.92. The van der Waals surface area contributed by atoms with Gasteiger partial charge in [-0.2, -0.15) is 5.10 Å². The third-order valence-electron chi connectivity index (χ3n) is 4.77. The summed E-state index contributed by atoms with van der Waals surface area (Å²) in [6.45, 7) is 0. The van der Waals surface area contributed by atoms with E-state index in [0.717, 1.165) is 28.5 Å². The molecule has 0 spiro atoms. The Morgan fingerprint density at radius 3 is 2.58 bits per heavy atom. The number of aromatic nitrogens is 6. The first-order valence-corrected chi connectivity index (χ1v) is 8.69. The molecular weight excluding hydrogens is 328 g/mol. The minimum absolute atomic E-state index is 0.243. The number of nitrogen functional groups attached to an aromatic ring is 1. The quantitative estimate of drug-likeness (QED) is 0.596. The lowest BCUT2D eigenvalue weighted by molar-refractivity contribution is 0.193. The summed E-state index contributed by atoms with van der Waals surface area (Å²) >= 11 is 0. The fraction of sp³-hybridized carbons (Fsp3) is 0.333. The Morgan fingerprint density at radius 1 is 1.04 bits per heavy atom. The Hall–Kier alpha value is -3.00. The zero-order valence-corrected chi connectivity index (χ0v) is 14.9. The Morgan fingerprint density at radius 2 is 1.88 bits per heavy atom. The van der Waals surface area contributed by atoms with Crippen molar-refractivity contribution in [1.29, 1.82) is 0 Å². The van der Waals surface area contributed by atoms with Crippen molar-refractivity contribution in [2.45, 2.75) is 25.3 Å². The van der Waals surface area contributed by atoms with E-state index in [2.05, 4.69) is 39.2 Å². The highest BCUT2D eigenvalue weighted by Crippen LogP contribution is 2.23. The molecule has 0 bridgehead atoms. The minimum atomic E-state index is 0.243. The summed E-state index contributed by atoms with van der Waals surface area (Å²) in [6, 6.07) is 6.70. The summed E-state index contributed by atoms with van der Waals surface area (Å²) in [5, 5.41) is 8.61. The SMILES string of the molecule is CN(C)C1CCC1.Nc1ncc2c(-c3ccc4nccn4n3)ccn2n1. The van der Waals surface area contributed by atoms with E-state index in [1.165, 1.54) is 19.3 Å². The van der Waals surface area contributed by atoms with E-state index in [1.807, 2.05) is 30.6 Å². The summed E-state index contributed by atoms with van der Waals surface area (Å²) in [5.74, 6) is 0.243. The smallest absolute Gasteiger partial charge is 0.238 e. The zero-order chi connectivity index (χ0) is 18.1. The second-order valence-corrected chi connectivity index (χ2v) is 6.67. The molecule has 1 saturated carbocycles. The predicted octanol–water partition coefficient (Wildman–Crippen LogP) is 2.12. The van der Waals surface area contributed by atoms with Gasteiger partial charge in [-0.15, -0.1) is 5.10 Å². The van der Waals surface area contributed by atoms with Crippen LogP contribution in [-0.4, -0.2) is 54.2 Å². The first-order chi connectivity index (χ1) is 12.6. The lowest BCUT2D eigenvalue weighted by Gasteiger charge is -2.31. The molecule has 1 fully saturated rings. The molecule has 0 aliphatic heterocycles. The fourth-order valence-corrected chi connectivity index (χ4v) is 2.99. The summed E-state index contributed by atoms with van der Waals surface area (Å²) in [4.78, 5) is 10.5. The molecule has 0 unspecified atom stereocenters. The molecule has 26 heavy (non-hydrogen) atoms. The van der Waals surface area contributed by atoms with Gasteiger partial charge in [-0.25, -0.2) is 19.0 Å². The van der Waals surface area contributed by atoms with Gasteiger partial charge in [0.25, 0.3) is 0 Å². The Balaban J connectivity index is 0.000000204. The second kappa shape index (κ2) is 6.72. The van der Waals surface area contributed by atoms with Crippen molar-refractivity contribution in [3.05, 3.63) is 43.0 Å². The topological polar surface area (TPSA) is 89.6 Å². The van der Waals surface area contributed by atoms with Crippen LogP contribution in [0.25, 0.3) is 22.4 Å². The van der Waals surface area contributed by atoms with Gasteiger partial charge in [0, 0.05) is 30.2 Å². The average molecular weight is 350 g/mol. The third-order valence-corrected chi connectivity index (χ3v) is 4.77. The molecule has 5 rings (SSSR count). The lowest BCUT2D eigenvalue weighted by Crippen LogP contribution is -2.33. The van der Waals surface area contributed by atoms with Gasteiger partial charge in [0.05, 0.1) is 17.4 Å². The van der Waals surface area contributed by atoms with Crippen molar-refractivity contribution in [2.75, 3.05) is 19.8 Å². The van der Waals surface area contributed by atoms with Gasteiger partial charge in [0.1, 0.15) is 0 Å². The highest BCUT2D eigenvalue weighted by atomic mass is 15.3. The molecule has 8 nitrogen and oxygen atoms in total. The van der Waals surface area contributed by atoms with Crippen molar-refractivity contribution >= 4 is 17.1 Å². The third kappa shape index (κ3) is 3.11. The molecule has 2 N–H and O–H groups in total. The number of rotatable bonds is 2. The van der Waals surface area contributed by atoms with E-state index in [-0.39, 0.29) is 5.95 Å². The molecule has 0 aromatic carbocycles. The van der Waals surface area contributed by atoms with Crippen molar-refractivity contribution in [3.8, 4) is 11.3 Å². The number of nitrogens with two attached hydrogens (primary N) is 1. The molecular formula is C18H22N8. The molecule has 8 heteroatoms. The maximum Gasteiger partial charge on any atom is 0.238 e. The number of nitrogens with zero attached hydrogens (tertiary/aromatic N) is 7. The van der Waals surface area contributed by atoms with Crippen LogP contribution in [0.3, 0.4) is 0 Å². The fourth-order valence-electron chi connectivity index (χ4n) is 2.99. The van der Waals surface area contributed by atoms with Crippen molar-refractivity contribution in [1.82, 2.24) is 34.1 Å². The Labute approximate surface area is 151 Å². The summed E-state index contributed by atoms with van der Waals surface area (Å²) in [6.07, 6.45) is 11.3. The molecule has 4 aromatic heterocycles. The van der Waals surface area contributed by atoms with Gasteiger partial charge in [0.15, 0.2) is 5.65 Å². The molecule has 134 valence electrons. The van der Waals surface area contributed by atoms with Crippen LogP contribution >= 0.6 is 0 Å². The highest BCUT2D eigenvalue weighted by molar-refractivity contribution is 5.78. The van der Waals surface area contributed by atoms with Crippen molar-refractivity contribution < 1.29 is 0 Å². The molecule has 0 saturated heterocycles. The van der Waals surface area contributed by atoms with E-state index < -0.39 is 0 Å². The maximum absolute atomic E-state index is 5.56. The largest absolute Gasteiger partial charge is 0.367 e. The van der Waals surface area contributed by atoms with Crippen LogP contribution in [0, 0.1) is 0 Å². The van der Waals surface area contributed by atoms with Gasteiger partial charge in [-0.3, -0.25) is 0 Å². The first-order valence-electron chi connectivity index (χ1n) is 8.69. The molecule has 1 aliphatic carbocycles. The second-order valence-electron chi connectivity index (χ2n) is 6.67. The molecule has 4 heterocycles. The number of fused-ring (bicyclic) bond motifs is 2. The van der Waals surface area contributed by atoms with Gasteiger partial charge in [-0.1, -0.05) is 6.42 Å². The van der Waals surface area contributed by atoms with Crippen LogP contribution in [0.4, 0.5) is 5.95 Å². The van der Waals surface area contributed by atoms with Crippen molar-refractivity contribution in [2.24, 2.45) is 0 Å². The minimum Gasteiger partial charge on any atom is -0.367 e. The number of imidazole rings is 1. The summed E-state index contributed by atoms with van der Waals surface area (Å²) < 4.78 is 3.43.